The number of ether oxygens (including phenoxy) is 1. The van der Waals surface area contributed by atoms with Crippen LogP contribution in [0.15, 0.2) is 72.9 Å². The summed E-state index contributed by atoms with van der Waals surface area (Å²) in [7, 11) is 2.14. The van der Waals surface area contributed by atoms with Crippen molar-refractivity contribution < 1.29 is 19.4 Å². The van der Waals surface area contributed by atoms with Crippen molar-refractivity contribution in [3.8, 4) is 11.4 Å². The molecule has 13 nitrogen and oxygen atoms in total. The van der Waals surface area contributed by atoms with Gasteiger partial charge in [0.2, 0.25) is 5.95 Å². The molecule has 1 saturated heterocycles. The van der Waals surface area contributed by atoms with Gasteiger partial charge in [0.15, 0.2) is 5.65 Å². The number of hydrogen-bond acceptors (Lipinski definition) is 8. The molecule has 0 bridgehead atoms. The SMILES string of the molecule is CCN(C)CCc1cccc(-n2nc(C(C)(C)C)cc2NC(=O)N[C@H]2CC[C@@H](Oc3ccc4nnc(N5CCCCC5C)n4c3)c3ccccc32)c1.O=CO. The zero-order valence-electron chi connectivity index (χ0n) is 32.9. The summed E-state index contributed by atoms with van der Waals surface area (Å²) in [4.78, 5) is 26.8. The molecule has 1 aliphatic carbocycles. The minimum Gasteiger partial charge on any atom is -0.484 e. The van der Waals surface area contributed by atoms with E-state index in [9.17, 15) is 4.79 Å². The smallest absolute Gasteiger partial charge is 0.320 e. The maximum absolute atomic E-state index is 13.7. The number of carbonyl (C=O) groups is 2. The fourth-order valence-electron chi connectivity index (χ4n) is 7.37. The molecule has 1 unspecified atom stereocenters. The van der Waals surface area contributed by atoms with Gasteiger partial charge in [-0.2, -0.15) is 5.10 Å². The summed E-state index contributed by atoms with van der Waals surface area (Å²) in [5, 5.41) is 27.3. The quantitative estimate of drug-likeness (QED) is 0.123. The van der Waals surface area contributed by atoms with Crippen molar-refractivity contribution in [2.24, 2.45) is 0 Å². The third kappa shape index (κ3) is 9.27. The molecule has 3 N–H and O–H groups in total. The van der Waals surface area contributed by atoms with Crippen LogP contribution >= 0.6 is 0 Å². The number of amides is 2. The number of likely N-dealkylation sites (N-methyl/N-ethyl adjacent to an activating group) is 1. The monoisotopic (exact) mass is 749 g/mol. The second kappa shape index (κ2) is 17.4. The minimum atomic E-state index is -0.265. The van der Waals surface area contributed by atoms with Crippen molar-refractivity contribution in [2.45, 2.75) is 96.7 Å². The van der Waals surface area contributed by atoms with Gasteiger partial charge in [-0.05, 0) is 100.0 Å². The van der Waals surface area contributed by atoms with Crippen LogP contribution in [0.3, 0.4) is 0 Å². The number of pyridine rings is 1. The molecule has 13 heteroatoms. The van der Waals surface area contributed by atoms with E-state index in [4.69, 9.17) is 19.7 Å². The third-order valence-electron chi connectivity index (χ3n) is 10.6. The molecule has 3 atom stereocenters. The number of fused-ring (bicyclic) bond motifs is 2. The van der Waals surface area contributed by atoms with Crippen LogP contribution in [-0.2, 0) is 16.6 Å². The number of nitrogens with one attached hydrogen (secondary N) is 2. The molecule has 3 aromatic heterocycles. The molecular weight excluding hydrogens is 695 g/mol. The molecule has 4 heterocycles. The van der Waals surface area contributed by atoms with E-state index < -0.39 is 0 Å². The van der Waals surface area contributed by atoms with Crippen LogP contribution in [0.1, 0.15) is 101 Å². The van der Waals surface area contributed by atoms with E-state index >= 15 is 0 Å². The Morgan fingerprint density at radius 1 is 1.02 bits per heavy atom. The molecule has 2 amide bonds. The first-order chi connectivity index (χ1) is 26.5. The van der Waals surface area contributed by atoms with Gasteiger partial charge in [-0.25, -0.2) is 9.48 Å². The maximum Gasteiger partial charge on any atom is 0.320 e. The van der Waals surface area contributed by atoms with Gasteiger partial charge >= 0.3 is 6.03 Å². The van der Waals surface area contributed by atoms with Crippen LogP contribution in [0.2, 0.25) is 0 Å². The second-order valence-corrected chi connectivity index (χ2v) is 15.6. The number of anilines is 2. The number of carboxylic acid groups (broad SMARTS) is 1. The van der Waals surface area contributed by atoms with Gasteiger partial charge in [0.1, 0.15) is 17.7 Å². The number of carbonyl (C=O) groups excluding carboxylic acids is 1. The Kier molecular flexibility index (Phi) is 12.4. The summed E-state index contributed by atoms with van der Waals surface area (Å²) in [6.45, 7) is 13.6. The molecule has 2 aliphatic rings. The maximum atomic E-state index is 13.7. The lowest BCUT2D eigenvalue weighted by Gasteiger charge is -2.33. The van der Waals surface area contributed by atoms with E-state index in [0.29, 0.717) is 11.9 Å². The van der Waals surface area contributed by atoms with Gasteiger partial charge in [-0.1, -0.05) is 64.1 Å². The Labute approximate surface area is 323 Å². The number of piperidine rings is 1. The van der Waals surface area contributed by atoms with E-state index in [2.05, 4.69) is 107 Å². The normalized spacial score (nSPS) is 18.3. The summed E-state index contributed by atoms with van der Waals surface area (Å²) >= 11 is 0. The summed E-state index contributed by atoms with van der Waals surface area (Å²) < 4.78 is 10.6. The highest BCUT2D eigenvalue weighted by atomic mass is 16.5. The number of rotatable bonds is 10. The molecule has 7 rings (SSSR count). The number of aromatic nitrogens is 5. The lowest BCUT2D eigenvalue weighted by atomic mass is 9.85. The Morgan fingerprint density at radius 2 is 1.80 bits per heavy atom. The predicted octanol–water partition coefficient (Wildman–Crippen LogP) is 7.56. The van der Waals surface area contributed by atoms with E-state index in [1.54, 1.807) is 0 Å². The largest absolute Gasteiger partial charge is 0.484 e. The zero-order chi connectivity index (χ0) is 39.1. The van der Waals surface area contributed by atoms with Crippen LogP contribution in [0, 0.1) is 0 Å². The Morgan fingerprint density at radius 3 is 2.55 bits per heavy atom. The lowest BCUT2D eigenvalue weighted by molar-refractivity contribution is -0.122. The van der Waals surface area contributed by atoms with Crippen LogP contribution in [0.25, 0.3) is 11.3 Å². The topological polar surface area (TPSA) is 142 Å². The molecule has 0 radical (unpaired) electrons. The van der Waals surface area contributed by atoms with Crippen molar-refractivity contribution in [1.29, 1.82) is 0 Å². The Bertz CT molecular complexity index is 2070. The van der Waals surface area contributed by atoms with Crippen LogP contribution in [-0.4, -0.2) is 79.6 Å². The number of hydrogen-bond donors (Lipinski definition) is 3. The van der Waals surface area contributed by atoms with Crippen LogP contribution in [0.5, 0.6) is 5.75 Å². The van der Waals surface area contributed by atoms with E-state index in [1.807, 2.05) is 47.3 Å². The van der Waals surface area contributed by atoms with Crippen molar-refractivity contribution in [1.82, 2.24) is 34.6 Å². The standard InChI is InChI=1S/C41H53N9O2.CH2O2/c1-7-47(6)24-22-29-14-12-15-30(25-29)50-38(26-36(46-50)41(3,4)5)43-39(51)42-34-19-20-35(33-17-9-8-16-32(33)34)52-31-18-21-37-44-45-40(49(37)27-31)48-23-11-10-13-28(48)2;2-1-3/h8-9,12,14-18,21,25-28,34-35H,7,10-11,13,19-20,22-24H2,1-6H3,(H2,42,43,51);1H,(H,2,3)/t28?,34-,35+;/m0./s1. The molecule has 55 heavy (non-hydrogen) atoms. The first-order valence-corrected chi connectivity index (χ1v) is 19.4. The number of urea groups is 1. The van der Waals surface area contributed by atoms with Crippen LogP contribution in [0.4, 0.5) is 16.6 Å². The fourth-order valence-corrected chi connectivity index (χ4v) is 7.37. The summed E-state index contributed by atoms with van der Waals surface area (Å²) in [6.07, 6.45) is 7.86. The van der Waals surface area contributed by atoms with Gasteiger partial charge < -0.3 is 25.0 Å². The summed E-state index contributed by atoms with van der Waals surface area (Å²) in [6, 6.07) is 22.6. The molecule has 0 saturated carbocycles. The van der Waals surface area contributed by atoms with Gasteiger partial charge in [0, 0.05) is 30.6 Å². The second-order valence-electron chi connectivity index (χ2n) is 15.6. The van der Waals surface area contributed by atoms with Gasteiger partial charge in [0.25, 0.3) is 6.47 Å². The van der Waals surface area contributed by atoms with E-state index in [1.165, 1.54) is 12.0 Å². The first-order valence-electron chi connectivity index (χ1n) is 19.4. The van der Waals surface area contributed by atoms with Crippen molar-refractivity contribution in [2.75, 3.05) is 36.9 Å². The highest BCUT2D eigenvalue weighted by Gasteiger charge is 2.31. The van der Waals surface area contributed by atoms with Crippen LogP contribution < -0.4 is 20.3 Å². The molecule has 5 aromatic rings. The van der Waals surface area contributed by atoms with E-state index in [-0.39, 0.29) is 30.1 Å². The number of nitrogens with zero attached hydrogens (tertiary/aromatic N) is 7. The lowest BCUT2D eigenvalue weighted by Crippen LogP contribution is -2.38. The Hall–Kier alpha value is -5.43. The molecule has 2 aromatic carbocycles. The predicted molar refractivity (Wildman–Crippen MR) is 215 cm³/mol. The van der Waals surface area contributed by atoms with Crippen molar-refractivity contribution >= 4 is 29.9 Å². The highest BCUT2D eigenvalue weighted by Crippen LogP contribution is 2.39. The summed E-state index contributed by atoms with van der Waals surface area (Å²) in [5.41, 5.74) is 5.83. The van der Waals surface area contributed by atoms with Gasteiger partial charge in [0.05, 0.1) is 23.6 Å². The molecular formula is C42H55N9O4. The van der Waals surface area contributed by atoms with Crippen molar-refractivity contribution in [3.05, 3.63) is 95.3 Å². The average molecular weight is 750 g/mol. The molecule has 292 valence electrons. The Balaban J connectivity index is 0.00000166. The third-order valence-corrected chi connectivity index (χ3v) is 10.6. The minimum absolute atomic E-state index is 0.149. The van der Waals surface area contributed by atoms with Gasteiger partial charge in [-0.15, -0.1) is 10.2 Å². The number of benzene rings is 2. The fraction of sp³-hybridized carbons (Fsp3) is 0.452. The first kappa shape index (κ1) is 39.3. The van der Waals surface area contributed by atoms with Crippen molar-refractivity contribution in [3.63, 3.8) is 0 Å². The van der Waals surface area contributed by atoms with E-state index in [0.717, 1.165) is 91.6 Å². The molecule has 0 spiro atoms. The summed E-state index contributed by atoms with van der Waals surface area (Å²) in [5.74, 6) is 2.28. The molecule has 1 fully saturated rings. The average Bonchev–Trinajstić information content (AvgIpc) is 3.80. The zero-order valence-corrected chi connectivity index (χ0v) is 32.9. The van der Waals surface area contributed by atoms with Gasteiger partial charge in [-0.3, -0.25) is 14.5 Å². The molecule has 1 aliphatic heterocycles. The highest BCUT2D eigenvalue weighted by molar-refractivity contribution is 5.89.